The van der Waals surface area contributed by atoms with Crippen molar-refractivity contribution in [1.82, 2.24) is 10.6 Å². The molecular formula is C12H20N2O. The maximum Gasteiger partial charge on any atom is 0.319 e. The van der Waals surface area contributed by atoms with Crippen LogP contribution in [0.4, 0.5) is 4.79 Å². The number of carbonyl (C=O) groups excluding carboxylic acids is 1. The molecule has 0 radical (unpaired) electrons. The standard InChI is InChI=1S/C12H20N2O/c1-3-8-13-12(15)14-9-10(2)11-6-4-5-7-11/h3,9,11H,1,4-8H2,2H3,(H2,13,14,15)/b10-9+. The summed E-state index contributed by atoms with van der Waals surface area (Å²) in [5.74, 6) is 0.671. The number of urea groups is 1. The van der Waals surface area contributed by atoms with Crippen molar-refractivity contribution < 1.29 is 4.79 Å². The van der Waals surface area contributed by atoms with Crippen molar-refractivity contribution in [3.05, 3.63) is 24.4 Å². The van der Waals surface area contributed by atoms with E-state index in [9.17, 15) is 4.79 Å². The van der Waals surface area contributed by atoms with E-state index in [1.165, 1.54) is 31.3 Å². The maximum absolute atomic E-state index is 11.2. The second-order valence-corrected chi connectivity index (χ2v) is 4.01. The summed E-state index contributed by atoms with van der Waals surface area (Å²) in [6.45, 7) is 6.12. The van der Waals surface area contributed by atoms with Crippen LogP contribution in [0.5, 0.6) is 0 Å². The molecule has 1 rings (SSSR count). The fourth-order valence-corrected chi connectivity index (χ4v) is 1.89. The molecule has 2 N–H and O–H groups in total. The Bertz CT molecular complexity index is 252. The summed E-state index contributed by atoms with van der Waals surface area (Å²) >= 11 is 0. The Kier molecular flexibility index (Phi) is 4.95. The third-order valence-corrected chi connectivity index (χ3v) is 2.84. The normalized spacial score (nSPS) is 17.5. The summed E-state index contributed by atoms with van der Waals surface area (Å²) in [6.07, 6.45) is 8.65. The van der Waals surface area contributed by atoms with E-state index in [0.29, 0.717) is 12.5 Å². The van der Waals surface area contributed by atoms with E-state index in [0.717, 1.165) is 0 Å². The van der Waals surface area contributed by atoms with Gasteiger partial charge in [0.05, 0.1) is 0 Å². The largest absolute Gasteiger partial charge is 0.334 e. The van der Waals surface area contributed by atoms with Crippen molar-refractivity contribution in [2.24, 2.45) is 5.92 Å². The summed E-state index contributed by atoms with van der Waals surface area (Å²) in [6, 6.07) is -0.160. The first-order valence-corrected chi connectivity index (χ1v) is 5.56. The molecule has 0 unspecified atom stereocenters. The van der Waals surface area contributed by atoms with E-state index in [-0.39, 0.29) is 6.03 Å². The monoisotopic (exact) mass is 208 g/mol. The van der Waals surface area contributed by atoms with Gasteiger partial charge in [0.1, 0.15) is 0 Å². The molecule has 0 saturated heterocycles. The summed E-state index contributed by atoms with van der Waals surface area (Å²) in [4.78, 5) is 11.2. The number of amides is 2. The van der Waals surface area contributed by atoms with Crippen LogP contribution in [0.15, 0.2) is 24.4 Å². The van der Waals surface area contributed by atoms with Crippen LogP contribution in [-0.2, 0) is 0 Å². The highest BCUT2D eigenvalue weighted by molar-refractivity contribution is 5.75. The maximum atomic E-state index is 11.2. The Hall–Kier alpha value is -1.25. The van der Waals surface area contributed by atoms with Crippen molar-refractivity contribution in [1.29, 1.82) is 0 Å². The van der Waals surface area contributed by atoms with Gasteiger partial charge in [-0.25, -0.2) is 4.79 Å². The van der Waals surface area contributed by atoms with Gasteiger partial charge in [-0.1, -0.05) is 24.5 Å². The van der Waals surface area contributed by atoms with Crippen molar-refractivity contribution in [2.45, 2.75) is 32.6 Å². The second kappa shape index (κ2) is 6.27. The number of hydrogen-bond donors (Lipinski definition) is 2. The molecule has 84 valence electrons. The molecule has 15 heavy (non-hydrogen) atoms. The van der Waals surface area contributed by atoms with Crippen LogP contribution in [0.2, 0.25) is 0 Å². The number of allylic oxidation sites excluding steroid dienone is 1. The molecule has 1 fully saturated rings. The highest BCUT2D eigenvalue weighted by Crippen LogP contribution is 2.30. The first kappa shape index (κ1) is 11.8. The lowest BCUT2D eigenvalue weighted by atomic mass is 10.0. The summed E-state index contributed by atoms with van der Waals surface area (Å²) in [5.41, 5.74) is 1.28. The van der Waals surface area contributed by atoms with E-state index in [2.05, 4.69) is 24.1 Å². The van der Waals surface area contributed by atoms with Gasteiger partial charge in [0, 0.05) is 12.7 Å². The molecule has 0 spiro atoms. The molecule has 3 heteroatoms. The fraction of sp³-hybridized carbons (Fsp3) is 0.583. The second-order valence-electron chi connectivity index (χ2n) is 4.01. The van der Waals surface area contributed by atoms with Crippen LogP contribution >= 0.6 is 0 Å². The predicted octanol–water partition coefficient (Wildman–Crippen LogP) is 2.57. The highest BCUT2D eigenvalue weighted by atomic mass is 16.2. The van der Waals surface area contributed by atoms with Crippen molar-refractivity contribution in [3.8, 4) is 0 Å². The molecule has 0 aromatic carbocycles. The molecule has 3 nitrogen and oxygen atoms in total. The molecule has 1 aliphatic carbocycles. The molecule has 1 aliphatic rings. The molecule has 0 aromatic rings. The molecule has 0 heterocycles. The Morgan fingerprint density at radius 1 is 1.47 bits per heavy atom. The minimum absolute atomic E-state index is 0.160. The Labute approximate surface area is 91.6 Å². The van der Waals surface area contributed by atoms with Crippen LogP contribution in [0.1, 0.15) is 32.6 Å². The minimum Gasteiger partial charge on any atom is -0.334 e. The topological polar surface area (TPSA) is 41.1 Å². The van der Waals surface area contributed by atoms with Gasteiger partial charge in [-0.15, -0.1) is 6.58 Å². The lowest BCUT2D eigenvalue weighted by Gasteiger charge is -2.09. The third kappa shape index (κ3) is 4.19. The molecular weight excluding hydrogens is 188 g/mol. The van der Waals surface area contributed by atoms with E-state index < -0.39 is 0 Å². The van der Waals surface area contributed by atoms with Crippen LogP contribution in [0.25, 0.3) is 0 Å². The van der Waals surface area contributed by atoms with Gasteiger partial charge in [0.2, 0.25) is 0 Å². The molecule has 1 saturated carbocycles. The van der Waals surface area contributed by atoms with Gasteiger partial charge in [0.15, 0.2) is 0 Å². The Balaban J connectivity index is 2.28. The molecule has 0 aromatic heterocycles. The van der Waals surface area contributed by atoms with Crippen molar-refractivity contribution in [3.63, 3.8) is 0 Å². The summed E-state index contributed by atoms with van der Waals surface area (Å²) < 4.78 is 0. The first-order valence-electron chi connectivity index (χ1n) is 5.56. The zero-order valence-electron chi connectivity index (χ0n) is 9.38. The summed E-state index contributed by atoms with van der Waals surface area (Å²) in [7, 11) is 0. The zero-order valence-corrected chi connectivity index (χ0v) is 9.38. The van der Waals surface area contributed by atoms with Crippen LogP contribution in [-0.4, -0.2) is 12.6 Å². The van der Waals surface area contributed by atoms with Crippen LogP contribution < -0.4 is 10.6 Å². The van der Waals surface area contributed by atoms with E-state index in [4.69, 9.17) is 0 Å². The van der Waals surface area contributed by atoms with Gasteiger partial charge in [0.25, 0.3) is 0 Å². The van der Waals surface area contributed by atoms with Crippen molar-refractivity contribution >= 4 is 6.03 Å². The molecule has 2 amide bonds. The quantitative estimate of drug-likeness (QED) is 0.685. The average Bonchev–Trinajstić information content (AvgIpc) is 2.76. The number of hydrogen-bond acceptors (Lipinski definition) is 1. The van der Waals surface area contributed by atoms with Crippen molar-refractivity contribution in [2.75, 3.05) is 6.54 Å². The minimum atomic E-state index is -0.160. The van der Waals surface area contributed by atoms with E-state index >= 15 is 0 Å². The molecule has 0 bridgehead atoms. The fourth-order valence-electron chi connectivity index (χ4n) is 1.89. The van der Waals surface area contributed by atoms with Crippen LogP contribution in [0, 0.1) is 5.92 Å². The first-order chi connectivity index (χ1) is 7.24. The zero-order chi connectivity index (χ0) is 11.1. The molecule has 0 aliphatic heterocycles. The predicted molar refractivity (Wildman–Crippen MR) is 62.4 cm³/mol. The molecule has 0 atom stereocenters. The van der Waals surface area contributed by atoms with Gasteiger partial charge >= 0.3 is 6.03 Å². The van der Waals surface area contributed by atoms with Gasteiger partial charge in [-0.05, 0) is 25.7 Å². The van der Waals surface area contributed by atoms with E-state index in [1.54, 1.807) is 6.08 Å². The summed E-state index contributed by atoms with van der Waals surface area (Å²) in [5, 5.41) is 5.40. The van der Waals surface area contributed by atoms with E-state index in [1.807, 2.05) is 6.20 Å². The lowest BCUT2D eigenvalue weighted by molar-refractivity contribution is 0.245. The van der Waals surface area contributed by atoms with Gasteiger partial charge in [-0.3, -0.25) is 0 Å². The van der Waals surface area contributed by atoms with Gasteiger partial charge < -0.3 is 10.6 Å². The number of nitrogens with one attached hydrogen (secondary N) is 2. The number of carbonyl (C=O) groups is 1. The third-order valence-electron chi connectivity index (χ3n) is 2.84. The average molecular weight is 208 g/mol. The SMILES string of the molecule is C=CCNC(=O)N/C=C(\C)C1CCCC1. The number of rotatable bonds is 4. The smallest absolute Gasteiger partial charge is 0.319 e. The Morgan fingerprint density at radius 3 is 2.73 bits per heavy atom. The van der Waals surface area contributed by atoms with Crippen LogP contribution in [0.3, 0.4) is 0 Å². The highest BCUT2D eigenvalue weighted by Gasteiger charge is 2.16. The van der Waals surface area contributed by atoms with Gasteiger partial charge in [-0.2, -0.15) is 0 Å². The lowest BCUT2D eigenvalue weighted by Crippen LogP contribution is -2.32. The Morgan fingerprint density at radius 2 is 2.13 bits per heavy atom.